The fourth-order valence-corrected chi connectivity index (χ4v) is 3.00. The van der Waals surface area contributed by atoms with E-state index in [0.717, 1.165) is 11.1 Å². The van der Waals surface area contributed by atoms with Crippen molar-refractivity contribution in [3.63, 3.8) is 0 Å². The molecule has 6 nitrogen and oxygen atoms in total. The van der Waals surface area contributed by atoms with Crippen LogP contribution in [0.2, 0.25) is 0 Å². The third-order valence-corrected chi connectivity index (χ3v) is 4.03. The molecule has 1 aliphatic rings. The average molecular weight is 337 g/mol. The van der Waals surface area contributed by atoms with Gasteiger partial charge in [0, 0.05) is 13.2 Å². The number of methoxy groups -OCH3 is 2. The Morgan fingerprint density at radius 3 is 2.42 bits per heavy atom. The molecule has 1 aromatic rings. The van der Waals surface area contributed by atoms with Gasteiger partial charge in [-0.15, -0.1) is 0 Å². The van der Waals surface area contributed by atoms with Crippen LogP contribution >= 0.6 is 0 Å². The van der Waals surface area contributed by atoms with E-state index in [4.69, 9.17) is 14.2 Å². The molecule has 0 unspecified atom stereocenters. The summed E-state index contributed by atoms with van der Waals surface area (Å²) in [5, 5.41) is 9.47. The van der Waals surface area contributed by atoms with Gasteiger partial charge in [-0.05, 0) is 56.9 Å². The Labute approximate surface area is 143 Å². The largest absolute Gasteiger partial charge is 0.493 e. The molecule has 0 fully saturated rings. The van der Waals surface area contributed by atoms with Gasteiger partial charge >= 0.3 is 6.09 Å². The van der Waals surface area contributed by atoms with Crippen LogP contribution in [0.15, 0.2) is 12.1 Å². The fraction of sp³-hybridized carbons (Fsp3) is 0.611. The Morgan fingerprint density at radius 1 is 1.25 bits per heavy atom. The summed E-state index contributed by atoms with van der Waals surface area (Å²) in [5.74, 6) is 1.29. The summed E-state index contributed by atoms with van der Waals surface area (Å²) < 4.78 is 16.3. The van der Waals surface area contributed by atoms with Crippen molar-refractivity contribution >= 4 is 6.09 Å². The maximum absolute atomic E-state index is 12.6. The van der Waals surface area contributed by atoms with Crippen LogP contribution in [0.4, 0.5) is 4.79 Å². The number of fused-ring (bicyclic) bond motifs is 1. The molecule has 0 bridgehead atoms. The zero-order valence-corrected chi connectivity index (χ0v) is 15.1. The first-order valence-electron chi connectivity index (χ1n) is 8.16. The van der Waals surface area contributed by atoms with Gasteiger partial charge in [0.2, 0.25) is 0 Å². The molecule has 6 heteroatoms. The van der Waals surface area contributed by atoms with E-state index < -0.39 is 5.60 Å². The highest BCUT2D eigenvalue weighted by molar-refractivity contribution is 5.70. The van der Waals surface area contributed by atoms with E-state index >= 15 is 0 Å². The first kappa shape index (κ1) is 18.4. The van der Waals surface area contributed by atoms with Crippen LogP contribution < -0.4 is 9.47 Å². The summed E-state index contributed by atoms with van der Waals surface area (Å²) in [6.45, 7) is 6.06. The van der Waals surface area contributed by atoms with Gasteiger partial charge in [-0.1, -0.05) is 0 Å². The van der Waals surface area contributed by atoms with Crippen LogP contribution in [0.5, 0.6) is 11.5 Å². The van der Waals surface area contributed by atoms with Crippen LogP contribution in [0.25, 0.3) is 0 Å². The lowest BCUT2D eigenvalue weighted by Gasteiger charge is -2.38. The number of hydrogen-bond donors (Lipinski definition) is 1. The Kier molecular flexibility index (Phi) is 5.59. The molecule has 24 heavy (non-hydrogen) atoms. The highest BCUT2D eigenvalue weighted by atomic mass is 16.6. The van der Waals surface area contributed by atoms with Gasteiger partial charge in [-0.3, -0.25) is 0 Å². The van der Waals surface area contributed by atoms with Crippen molar-refractivity contribution < 1.29 is 24.1 Å². The standard InChI is InChI=1S/C18H27NO5/c1-18(2,3)24-17(21)19-8-6-12-10-15(22-4)16(23-5)11-13(12)14(19)7-9-20/h10-11,14,20H,6-9H2,1-5H3/t14-/m1/s1. The van der Waals surface area contributed by atoms with Crippen LogP contribution in [0, 0.1) is 0 Å². The summed E-state index contributed by atoms with van der Waals surface area (Å²) in [5.41, 5.74) is 1.52. The van der Waals surface area contributed by atoms with Gasteiger partial charge in [0.05, 0.1) is 20.3 Å². The van der Waals surface area contributed by atoms with Gasteiger partial charge in [0.15, 0.2) is 11.5 Å². The van der Waals surface area contributed by atoms with Gasteiger partial charge < -0.3 is 24.2 Å². The Hall–Kier alpha value is -1.95. The number of hydrogen-bond acceptors (Lipinski definition) is 5. The number of aliphatic hydroxyl groups excluding tert-OH is 1. The predicted molar refractivity (Wildman–Crippen MR) is 90.6 cm³/mol. The molecule has 0 saturated carbocycles. The molecular formula is C18H27NO5. The SMILES string of the molecule is COc1cc2c(cc1OC)[C@@H](CCO)N(C(=O)OC(C)(C)C)CC2. The molecule has 1 aliphatic heterocycles. The number of carbonyl (C=O) groups excluding carboxylic acids is 1. The summed E-state index contributed by atoms with van der Waals surface area (Å²) in [7, 11) is 3.19. The van der Waals surface area contributed by atoms with E-state index in [2.05, 4.69) is 0 Å². The second-order valence-corrected chi connectivity index (χ2v) is 6.86. The van der Waals surface area contributed by atoms with E-state index in [-0.39, 0.29) is 18.7 Å². The molecule has 1 heterocycles. The van der Waals surface area contributed by atoms with E-state index in [9.17, 15) is 9.90 Å². The molecule has 1 N–H and O–H groups in total. The van der Waals surface area contributed by atoms with Crippen molar-refractivity contribution in [2.45, 2.75) is 45.3 Å². The third kappa shape index (κ3) is 3.93. The second-order valence-electron chi connectivity index (χ2n) is 6.86. The van der Waals surface area contributed by atoms with Gasteiger partial charge in [-0.2, -0.15) is 0 Å². The number of amides is 1. The summed E-state index contributed by atoms with van der Waals surface area (Å²) in [6.07, 6.45) is 0.792. The van der Waals surface area contributed by atoms with Crippen LogP contribution in [0.3, 0.4) is 0 Å². The Balaban J connectivity index is 2.38. The minimum atomic E-state index is -0.557. The fourth-order valence-electron chi connectivity index (χ4n) is 3.00. The number of rotatable bonds is 4. The lowest BCUT2D eigenvalue weighted by molar-refractivity contribution is 0.0116. The predicted octanol–water partition coefficient (Wildman–Crippen LogP) is 2.92. The van der Waals surface area contributed by atoms with Crippen molar-refractivity contribution in [2.24, 2.45) is 0 Å². The van der Waals surface area contributed by atoms with Crippen molar-refractivity contribution in [1.29, 1.82) is 0 Å². The molecule has 0 spiro atoms. The van der Waals surface area contributed by atoms with E-state index in [0.29, 0.717) is 30.9 Å². The molecule has 134 valence electrons. The van der Waals surface area contributed by atoms with Crippen LogP contribution in [-0.4, -0.2) is 49.1 Å². The van der Waals surface area contributed by atoms with Gasteiger partial charge in [0.1, 0.15) is 5.60 Å². The Bertz CT molecular complexity index is 594. The van der Waals surface area contributed by atoms with Crippen LogP contribution in [-0.2, 0) is 11.2 Å². The molecule has 1 aromatic carbocycles. The summed E-state index contributed by atoms with van der Waals surface area (Å²) in [4.78, 5) is 14.2. The van der Waals surface area contributed by atoms with Crippen molar-refractivity contribution in [3.05, 3.63) is 23.3 Å². The maximum Gasteiger partial charge on any atom is 0.410 e. The first-order valence-corrected chi connectivity index (χ1v) is 8.16. The minimum Gasteiger partial charge on any atom is -0.493 e. The monoisotopic (exact) mass is 337 g/mol. The first-order chi connectivity index (χ1) is 11.3. The highest BCUT2D eigenvalue weighted by Gasteiger charge is 2.34. The summed E-state index contributed by atoms with van der Waals surface area (Å²) >= 11 is 0. The zero-order chi connectivity index (χ0) is 17.9. The molecule has 0 radical (unpaired) electrons. The molecule has 0 aromatic heterocycles. The quantitative estimate of drug-likeness (QED) is 0.915. The lowest BCUT2D eigenvalue weighted by Crippen LogP contribution is -2.43. The smallest absolute Gasteiger partial charge is 0.410 e. The lowest BCUT2D eigenvalue weighted by atomic mass is 9.90. The molecule has 2 rings (SSSR count). The topological polar surface area (TPSA) is 68.2 Å². The highest BCUT2D eigenvalue weighted by Crippen LogP contribution is 2.39. The van der Waals surface area contributed by atoms with Crippen molar-refractivity contribution in [1.82, 2.24) is 4.90 Å². The van der Waals surface area contributed by atoms with E-state index in [1.807, 2.05) is 32.9 Å². The normalized spacial score (nSPS) is 17.2. The average Bonchev–Trinajstić information content (AvgIpc) is 2.52. The number of benzene rings is 1. The Morgan fingerprint density at radius 2 is 1.88 bits per heavy atom. The van der Waals surface area contributed by atoms with Gasteiger partial charge in [-0.25, -0.2) is 4.79 Å². The number of carbonyl (C=O) groups is 1. The second kappa shape index (κ2) is 7.30. The van der Waals surface area contributed by atoms with Crippen molar-refractivity contribution in [3.8, 4) is 11.5 Å². The van der Waals surface area contributed by atoms with E-state index in [1.165, 1.54) is 0 Å². The van der Waals surface area contributed by atoms with Crippen LogP contribution in [0.1, 0.15) is 44.4 Å². The molecule has 0 saturated heterocycles. The molecule has 1 atom stereocenters. The van der Waals surface area contributed by atoms with Crippen molar-refractivity contribution in [2.75, 3.05) is 27.4 Å². The maximum atomic E-state index is 12.6. The number of ether oxygens (including phenoxy) is 3. The third-order valence-electron chi connectivity index (χ3n) is 4.03. The molecule has 1 amide bonds. The molecular weight excluding hydrogens is 310 g/mol. The summed E-state index contributed by atoms with van der Waals surface area (Å²) in [6, 6.07) is 3.60. The zero-order valence-electron chi connectivity index (χ0n) is 15.1. The van der Waals surface area contributed by atoms with Gasteiger partial charge in [0.25, 0.3) is 0 Å². The van der Waals surface area contributed by atoms with E-state index in [1.54, 1.807) is 19.1 Å². The number of nitrogens with zero attached hydrogens (tertiary/aromatic N) is 1. The number of aliphatic hydroxyl groups is 1. The minimum absolute atomic E-state index is 0.0161. The molecule has 0 aliphatic carbocycles.